The molecule has 6 heteroatoms. The molecule has 1 amide bonds. The number of aromatic nitrogens is 3. The number of rotatable bonds is 6. The number of anilines is 1. The van der Waals surface area contributed by atoms with Gasteiger partial charge in [-0.2, -0.15) is 5.10 Å². The van der Waals surface area contributed by atoms with Crippen molar-refractivity contribution in [3.05, 3.63) is 53.5 Å². The Morgan fingerprint density at radius 3 is 2.62 bits per heavy atom. The molecule has 0 aliphatic carbocycles. The summed E-state index contributed by atoms with van der Waals surface area (Å²) in [6.07, 6.45) is 0. The predicted molar refractivity (Wildman–Crippen MR) is 104 cm³/mol. The number of hydrogen-bond acceptors (Lipinski definition) is 4. The second-order valence-electron chi connectivity index (χ2n) is 6.59. The molecular formula is C20H25N5O. The van der Waals surface area contributed by atoms with E-state index in [0.29, 0.717) is 13.1 Å². The van der Waals surface area contributed by atoms with E-state index in [1.165, 1.54) is 0 Å². The van der Waals surface area contributed by atoms with Crippen LogP contribution in [0.25, 0.3) is 10.9 Å². The first-order valence-corrected chi connectivity index (χ1v) is 8.86. The fourth-order valence-corrected chi connectivity index (χ4v) is 3.13. The van der Waals surface area contributed by atoms with Gasteiger partial charge in [-0.15, -0.1) is 0 Å². The van der Waals surface area contributed by atoms with Gasteiger partial charge in [-0.1, -0.05) is 18.2 Å². The Hall–Kier alpha value is -2.89. The van der Waals surface area contributed by atoms with Gasteiger partial charge >= 0.3 is 0 Å². The number of carbonyl (C=O) groups excluding carboxylic acids is 1. The monoisotopic (exact) mass is 351 g/mol. The molecular weight excluding hydrogens is 326 g/mol. The van der Waals surface area contributed by atoms with Crippen molar-refractivity contribution in [2.75, 3.05) is 18.4 Å². The third-order valence-electron chi connectivity index (χ3n) is 4.37. The van der Waals surface area contributed by atoms with Gasteiger partial charge in [0, 0.05) is 35.6 Å². The Kier molecular flexibility index (Phi) is 5.21. The highest BCUT2D eigenvalue weighted by Gasteiger charge is 2.17. The maximum Gasteiger partial charge on any atom is 0.244 e. The van der Waals surface area contributed by atoms with E-state index in [4.69, 9.17) is 0 Å². The third kappa shape index (κ3) is 3.85. The minimum atomic E-state index is -0.326. The second kappa shape index (κ2) is 7.56. The van der Waals surface area contributed by atoms with Crippen LogP contribution in [0.15, 0.2) is 36.4 Å². The van der Waals surface area contributed by atoms with Crippen LogP contribution in [0.5, 0.6) is 0 Å². The third-order valence-corrected chi connectivity index (χ3v) is 4.37. The zero-order chi connectivity index (χ0) is 18.7. The van der Waals surface area contributed by atoms with Crippen molar-refractivity contribution in [2.24, 2.45) is 0 Å². The highest BCUT2D eigenvalue weighted by molar-refractivity contribution is 5.91. The van der Waals surface area contributed by atoms with E-state index in [2.05, 4.69) is 20.7 Å². The summed E-state index contributed by atoms with van der Waals surface area (Å²) in [6, 6.07) is 11.7. The lowest BCUT2D eigenvalue weighted by atomic mass is 10.1. The van der Waals surface area contributed by atoms with Crippen LogP contribution in [-0.4, -0.2) is 33.8 Å². The molecule has 1 unspecified atom stereocenters. The number of amides is 1. The van der Waals surface area contributed by atoms with Crippen molar-refractivity contribution >= 4 is 22.5 Å². The van der Waals surface area contributed by atoms with Crippen LogP contribution in [0.3, 0.4) is 0 Å². The molecule has 0 aliphatic heterocycles. The smallest absolute Gasteiger partial charge is 0.244 e. The van der Waals surface area contributed by atoms with Gasteiger partial charge in [0.25, 0.3) is 0 Å². The Morgan fingerprint density at radius 1 is 1.12 bits per heavy atom. The summed E-state index contributed by atoms with van der Waals surface area (Å²) < 4.78 is 1.76. The minimum absolute atomic E-state index is 0.0335. The van der Waals surface area contributed by atoms with E-state index in [1.54, 1.807) is 4.68 Å². The molecule has 1 aromatic carbocycles. The molecule has 2 heterocycles. The van der Waals surface area contributed by atoms with Gasteiger partial charge in [-0.25, -0.2) is 0 Å². The Bertz CT molecular complexity index is 931. The maximum absolute atomic E-state index is 12.4. The normalized spacial score (nSPS) is 12.2. The SMILES string of the molecule is Cc1cc(NCCNC(=O)C(C)n2nc(C)cc2C)c2ccccc2n1. The van der Waals surface area contributed by atoms with Crippen molar-refractivity contribution in [3.8, 4) is 0 Å². The first-order valence-electron chi connectivity index (χ1n) is 8.86. The number of nitrogens with one attached hydrogen (secondary N) is 2. The Balaban J connectivity index is 1.57. The van der Waals surface area contributed by atoms with Crippen LogP contribution in [0, 0.1) is 20.8 Å². The van der Waals surface area contributed by atoms with Crippen molar-refractivity contribution < 1.29 is 4.79 Å². The Morgan fingerprint density at radius 2 is 1.88 bits per heavy atom. The topological polar surface area (TPSA) is 71.8 Å². The number of pyridine rings is 1. The zero-order valence-corrected chi connectivity index (χ0v) is 15.7. The molecule has 0 bridgehead atoms. The lowest BCUT2D eigenvalue weighted by molar-refractivity contribution is -0.124. The van der Waals surface area contributed by atoms with Crippen molar-refractivity contribution in [1.29, 1.82) is 0 Å². The number of benzene rings is 1. The van der Waals surface area contributed by atoms with Crippen LogP contribution >= 0.6 is 0 Å². The molecule has 6 nitrogen and oxygen atoms in total. The molecule has 136 valence electrons. The van der Waals surface area contributed by atoms with Crippen molar-refractivity contribution in [1.82, 2.24) is 20.1 Å². The van der Waals surface area contributed by atoms with Gasteiger partial charge in [-0.05, 0) is 45.9 Å². The summed E-state index contributed by atoms with van der Waals surface area (Å²) in [5.41, 5.74) is 4.88. The molecule has 0 saturated carbocycles. The fraction of sp³-hybridized carbons (Fsp3) is 0.350. The molecule has 0 spiro atoms. The summed E-state index contributed by atoms with van der Waals surface area (Å²) in [5, 5.41) is 11.8. The molecule has 0 fully saturated rings. The average Bonchev–Trinajstić information content (AvgIpc) is 2.95. The van der Waals surface area contributed by atoms with Crippen LogP contribution in [-0.2, 0) is 4.79 Å². The van der Waals surface area contributed by atoms with Crippen LogP contribution in [0.4, 0.5) is 5.69 Å². The summed E-state index contributed by atoms with van der Waals surface area (Å²) in [4.78, 5) is 16.9. The molecule has 0 aliphatic rings. The number of nitrogens with zero attached hydrogens (tertiary/aromatic N) is 3. The molecule has 26 heavy (non-hydrogen) atoms. The van der Waals surface area contributed by atoms with Crippen LogP contribution in [0.1, 0.15) is 30.0 Å². The molecule has 2 aromatic heterocycles. The summed E-state index contributed by atoms with van der Waals surface area (Å²) in [5.74, 6) is -0.0335. The second-order valence-corrected chi connectivity index (χ2v) is 6.59. The van der Waals surface area contributed by atoms with Gasteiger partial charge in [0.1, 0.15) is 6.04 Å². The highest BCUT2D eigenvalue weighted by atomic mass is 16.2. The highest BCUT2D eigenvalue weighted by Crippen LogP contribution is 2.22. The van der Waals surface area contributed by atoms with E-state index < -0.39 is 0 Å². The summed E-state index contributed by atoms with van der Waals surface area (Å²) in [6.45, 7) is 8.92. The first-order chi connectivity index (χ1) is 12.5. The van der Waals surface area contributed by atoms with Crippen LogP contribution in [0.2, 0.25) is 0 Å². The van der Waals surface area contributed by atoms with Gasteiger partial charge in [-0.3, -0.25) is 14.5 Å². The van der Waals surface area contributed by atoms with Gasteiger partial charge < -0.3 is 10.6 Å². The molecule has 2 N–H and O–H groups in total. The van der Waals surface area contributed by atoms with Gasteiger partial charge in [0.05, 0.1) is 11.2 Å². The molecule has 3 rings (SSSR count). The first kappa shape index (κ1) is 17.9. The number of carbonyl (C=O) groups is 1. The molecule has 0 saturated heterocycles. The fourth-order valence-electron chi connectivity index (χ4n) is 3.13. The average molecular weight is 351 g/mol. The van der Waals surface area contributed by atoms with E-state index >= 15 is 0 Å². The van der Waals surface area contributed by atoms with Crippen molar-refractivity contribution in [3.63, 3.8) is 0 Å². The number of aryl methyl sites for hydroxylation is 3. The summed E-state index contributed by atoms with van der Waals surface area (Å²) >= 11 is 0. The zero-order valence-electron chi connectivity index (χ0n) is 15.7. The Labute approximate surface area is 153 Å². The molecule has 3 aromatic rings. The number of para-hydroxylation sites is 1. The molecule has 1 atom stereocenters. The van der Waals surface area contributed by atoms with Crippen molar-refractivity contribution in [2.45, 2.75) is 33.7 Å². The van der Waals surface area contributed by atoms with E-state index in [-0.39, 0.29) is 11.9 Å². The standard InChI is InChI=1S/C20H25N5O/c1-13-12-19(17-7-5-6-8-18(17)23-13)21-9-10-22-20(26)16(4)25-15(3)11-14(2)24-25/h5-8,11-12,16H,9-10H2,1-4H3,(H,21,23)(H,22,26). The predicted octanol–water partition coefficient (Wildman–Crippen LogP) is 3.15. The van der Waals surface area contributed by atoms with E-state index in [9.17, 15) is 4.79 Å². The van der Waals surface area contributed by atoms with Crippen LogP contribution < -0.4 is 10.6 Å². The number of hydrogen-bond donors (Lipinski definition) is 2. The summed E-state index contributed by atoms with van der Waals surface area (Å²) in [7, 11) is 0. The number of fused-ring (bicyclic) bond motifs is 1. The van der Waals surface area contributed by atoms with Gasteiger partial charge in [0.2, 0.25) is 5.91 Å². The minimum Gasteiger partial charge on any atom is -0.383 e. The van der Waals surface area contributed by atoms with Gasteiger partial charge in [0.15, 0.2) is 0 Å². The lowest BCUT2D eigenvalue weighted by Gasteiger charge is -2.15. The lowest BCUT2D eigenvalue weighted by Crippen LogP contribution is -2.35. The van der Waals surface area contributed by atoms with E-state index in [0.717, 1.165) is 33.7 Å². The quantitative estimate of drug-likeness (QED) is 0.669. The van der Waals surface area contributed by atoms with E-state index in [1.807, 2.05) is 64.1 Å². The molecule has 0 radical (unpaired) electrons. The maximum atomic E-state index is 12.4. The largest absolute Gasteiger partial charge is 0.383 e.